The predicted octanol–water partition coefficient (Wildman–Crippen LogP) is 2.25. The van der Waals surface area contributed by atoms with Crippen LogP contribution in [0, 0.1) is 0 Å². The van der Waals surface area contributed by atoms with Gasteiger partial charge in [-0.3, -0.25) is 4.79 Å². The first-order valence-electron chi connectivity index (χ1n) is 9.96. The molecule has 1 aliphatic rings. The fourth-order valence-electron chi connectivity index (χ4n) is 3.91. The molecule has 6 heteroatoms. The van der Waals surface area contributed by atoms with E-state index in [9.17, 15) is 15.0 Å². The van der Waals surface area contributed by atoms with Crippen molar-refractivity contribution in [1.29, 1.82) is 0 Å². The van der Waals surface area contributed by atoms with Gasteiger partial charge in [0.15, 0.2) is 0 Å². The van der Waals surface area contributed by atoms with Crippen molar-refractivity contribution in [2.24, 2.45) is 0 Å². The van der Waals surface area contributed by atoms with Crippen molar-refractivity contribution in [2.45, 2.75) is 24.5 Å². The van der Waals surface area contributed by atoms with E-state index in [4.69, 9.17) is 4.74 Å². The summed E-state index contributed by atoms with van der Waals surface area (Å²) in [5, 5.41) is 22.2. The molecule has 0 radical (unpaired) electrons. The molecule has 0 spiro atoms. The number of aromatic amines is 1. The van der Waals surface area contributed by atoms with Crippen LogP contribution in [0.5, 0.6) is 5.75 Å². The Bertz CT molecular complexity index is 1010. The quantitative estimate of drug-likeness (QED) is 0.597. The van der Waals surface area contributed by atoms with E-state index in [0.29, 0.717) is 25.1 Å². The second-order valence-corrected chi connectivity index (χ2v) is 7.73. The Balaban J connectivity index is 1.28. The van der Waals surface area contributed by atoms with Gasteiger partial charge in [-0.15, -0.1) is 0 Å². The van der Waals surface area contributed by atoms with Crippen molar-refractivity contribution >= 4 is 10.9 Å². The van der Waals surface area contributed by atoms with E-state index in [2.05, 4.69) is 9.88 Å². The fraction of sp³-hybridized carbons (Fsp3) is 0.348. The summed E-state index contributed by atoms with van der Waals surface area (Å²) in [6, 6.07) is 18.4. The van der Waals surface area contributed by atoms with Gasteiger partial charge in [0, 0.05) is 36.6 Å². The summed E-state index contributed by atoms with van der Waals surface area (Å²) >= 11 is 0. The average molecular weight is 394 g/mol. The zero-order valence-corrected chi connectivity index (χ0v) is 16.3. The van der Waals surface area contributed by atoms with Crippen molar-refractivity contribution in [3.8, 4) is 5.75 Å². The van der Waals surface area contributed by atoms with Gasteiger partial charge in [0.2, 0.25) is 5.56 Å². The zero-order chi connectivity index (χ0) is 20.3. The molecule has 1 aliphatic heterocycles. The lowest BCUT2D eigenvalue weighted by atomic mass is 9.84. The van der Waals surface area contributed by atoms with E-state index in [0.717, 1.165) is 29.6 Å². The number of fused-ring (bicyclic) bond motifs is 1. The molecular weight excluding hydrogens is 368 g/mol. The van der Waals surface area contributed by atoms with Crippen LogP contribution in [0.1, 0.15) is 18.4 Å². The topological polar surface area (TPSA) is 85.8 Å². The molecule has 152 valence electrons. The van der Waals surface area contributed by atoms with Gasteiger partial charge < -0.3 is 24.8 Å². The summed E-state index contributed by atoms with van der Waals surface area (Å²) in [6.07, 6.45) is 0.671. The Morgan fingerprint density at radius 2 is 1.83 bits per heavy atom. The van der Waals surface area contributed by atoms with Gasteiger partial charge in [-0.25, -0.2) is 0 Å². The lowest BCUT2D eigenvalue weighted by Gasteiger charge is -2.39. The molecule has 3 aromatic rings. The molecule has 0 amide bonds. The van der Waals surface area contributed by atoms with Crippen molar-refractivity contribution in [3.05, 3.63) is 76.6 Å². The van der Waals surface area contributed by atoms with E-state index in [1.165, 1.54) is 6.07 Å². The number of hydrogen-bond acceptors (Lipinski definition) is 5. The highest BCUT2D eigenvalue weighted by Gasteiger charge is 2.34. The molecule has 0 unspecified atom stereocenters. The summed E-state index contributed by atoms with van der Waals surface area (Å²) in [4.78, 5) is 16.3. The Morgan fingerprint density at radius 1 is 1.07 bits per heavy atom. The third-order valence-corrected chi connectivity index (χ3v) is 5.60. The minimum atomic E-state index is -0.786. The smallest absolute Gasteiger partial charge is 0.248 e. The van der Waals surface area contributed by atoms with Gasteiger partial charge in [-0.1, -0.05) is 30.3 Å². The second kappa shape index (κ2) is 8.37. The van der Waals surface area contributed by atoms with Crippen LogP contribution in [-0.4, -0.2) is 52.4 Å². The second-order valence-electron chi connectivity index (χ2n) is 7.73. The van der Waals surface area contributed by atoms with Crippen LogP contribution in [0.4, 0.5) is 0 Å². The van der Waals surface area contributed by atoms with Crippen molar-refractivity contribution < 1.29 is 14.9 Å². The lowest BCUT2D eigenvalue weighted by molar-refractivity contribution is -0.0372. The molecule has 1 fully saturated rings. The highest BCUT2D eigenvalue weighted by atomic mass is 16.5. The van der Waals surface area contributed by atoms with E-state index >= 15 is 0 Å². The number of aliphatic hydroxyl groups is 2. The molecule has 1 atom stereocenters. The minimum absolute atomic E-state index is 0.137. The third kappa shape index (κ3) is 4.67. The number of pyridine rings is 1. The number of aliphatic hydroxyl groups excluding tert-OH is 1. The summed E-state index contributed by atoms with van der Waals surface area (Å²) in [7, 11) is 0. The number of benzene rings is 2. The van der Waals surface area contributed by atoms with Crippen molar-refractivity contribution in [3.63, 3.8) is 0 Å². The standard InChI is InChI=1S/C23H26N2O4/c26-19(16-29-20-7-8-21-17(14-20)6-9-22(27)24-21)15-25-12-10-23(28,11-13-25)18-4-2-1-3-5-18/h1-9,14,19,26,28H,10-13,15-16H2,(H,24,27)/t19-/m1/s1. The molecule has 6 nitrogen and oxygen atoms in total. The third-order valence-electron chi connectivity index (χ3n) is 5.60. The number of nitrogens with zero attached hydrogens (tertiary/aromatic N) is 1. The van der Waals surface area contributed by atoms with Crippen LogP contribution in [0.15, 0.2) is 65.5 Å². The number of hydrogen-bond donors (Lipinski definition) is 3. The predicted molar refractivity (Wildman–Crippen MR) is 112 cm³/mol. The van der Waals surface area contributed by atoms with Gasteiger partial charge >= 0.3 is 0 Å². The maximum absolute atomic E-state index is 11.4. The van der Waals surface area contributed by atoms with Gasteiger partial charge in [-0.2, -0.15) is 0 Å². The van der Waals surface area contributed by atoms with E-state index in [-0.39, 0.29) is 12.2 Å². The number of nitrogens with one attached hydrogen (secondary N) is 1. The normalized spacial score (nSPS) is 17.9. The SMILES string of the molecule is O=c1ccc2cc(OC[C@H](O)CN3CCC(O)(c4ccccc4)CC3)ccc2[nH]1. The number of ether oxygens (including phenoxy) is 1. The monoisotopic (exact) mass is 394 g/mol. The number of rotatable bonds is 6. The first kappa shape index (κ1) is 19.6. The fourth-order valence-corrected chi connectivity index (χ4v) is 3.91. The van der Waals surface area contributed by atoms with Crippen molar-refractivity contribution in [1.82, 2.24) is 9.88 Å². The molecule has 29 heavy (non-hydrogen) atoms. The number of β-amino-alcohol motifs (C(OH)–C–C–N with tert-alkyl or cyclic N) is 1. The number of aromatic nitrogens is 1. The number of piperidine rings is 1. The number of likely N-dealkylation sites (tertiary alicyclic amines) is 1. The lowest BCUT2D eigenvalue weighted by Crippen LogP contribution is -2.46. The van der Waals surface area contributed by atoms with Gasteiger partial charge in [0.05, 0.1) is 5.60 Å². The Kier molecular flexibility index (Phi) is 5.67. The largest absolute Gasteiger partial charge is 0.491 e. The summed E-state index contributed by atoms with van der Waals surface area (Å²) in [5.74, 6) is 0.653. The van der Waals surface area contributed by atoms with Crippen LogP contribution >= 0.6 is 0 Å². The van der Waals surface area contributed by atoms with E-state index in [1.54, 1.807) is 18.2 Å². The molecule has 0 saturated carbocycles. The highest BCUT2D eigenvalue weighted by Crippen LogP contribution is 2.32. The van der Waals surface area contributed by atoms with E-state index < -0.39 is 11.7 Å². The first-order valence-corrected chi connectivity index (χ1v) is 9.96. The molecule has 0 aliphatic carbocycles. The minimum Gasteiger partial charge on any atom is -0.491 e. The summed E-state index contributed by atoms with van der Waals surface area (Å²) in [6.45, 7) is 2.15. The van der Waals surface area contributed by atoms with E-state index in [1.807, 2.05) is 36.4 Å². The average Bonchev–Trinajstić information content (AvgIpc) is 2.74. The molecule has 3 N–H and O–H groups in total. The van der Waals surface area contributed by atoms with Crippen LogP contribution in [0.2, 0.25) is 0 Å². The van der Waals surface area contributed by atoms with Gasteiger partial charge in [0.1, 0.15) is 18.5 Å². The van der Waals surface area contributed by atoms with Gasteiger partial charge in [0.25, 0.3) is 0 Å². The van der Waals surface area contributed by atoms with Gasteiger partial charge in [-0.05, 0) is 42.7 Å². The first-order chi connectivity index (χ1) is 14.0. The molecule has 1 aromatic heterocycles. The summed E-state index contributed by atoms with van der Waals surface area (Å²) < 4.78 is 5.74. The molecule has 4 rings (SSSR count). The highest BCUT2D eigenvalue weighted by molar-refractivity contribution is 5.79. The molecule has 0 bridgehead atoms. The van der Waals surface area contributed by atoms with Crippen LogP contribution < -0.4 is 10.3 Å². The maximum Gasteiger partial charge on any atom is 0.248 e. The summed E-state index contributed by atoms with van der Waals surface area (Å²) in [5.41, 5.74) is 0.791. The molecule has 2 aromatic carbocycles. The maximum atomic E-state index is 11.4. The van der Waals surface area contributed by atoms with Crippen LogP contribution in [0.25, 0.3) is 10.9 Å². The zero-order valence-electron chi connectivity index (χ0n) is 16.3. The Labute approximate surface area is 169 Å². The number of H-pyrrole nitrogens is 1. The van der Waals surface area contributed by atoms with Crippen molar-refractivity contribution in [2.75, 3.05) is 26.2 Å². The Hall–Kier alpha value is -2.67. The Morgan fingerprint density at radius 3 is 2.59 bits per heavy atom. The molecule has 1 saturated heterocycles. The van der Waals surface area contributed by atoms with Crippen LogP contribution in [-0.2, 0) is 5.60 Å². The van der Waals surface area contributed by atoms with Crippen LogP contribution in [0.3, 0.4) is 0 Å². The molecule has 2 heterocycles. The molecular formula is C23H26N2O4.